The Hall–Kier alpha value is -3.78. The lowest BCUT2D eigenvalue weighted by Gasteiger charge is -2.19. The Balaban J connectivity index is 1.85. The molecule has 0 heterocycles. The van der Waals surface area contributed by atoms with Crippen LogP contribution < -0.4 is 0 Å². The minimum atomic E-state index is -0.267. The minimum absolute atomic E-state index is 0.266. The topological polar surface area (TPSA) is 0 Å². The SMILES string of the molecule is Fc1ccc(-c2c(Cc3ccccc3)cc3ccccc3c2-c2ccc(F)cc2)cc1. The van der Waals surface area contributed by atoms with Crippen molar-refractivity contribution in [1.29, 1.82) is 0 Å². The Morgan fingerprint density at radius 1 is 0.516 bits per heavy atom. The summed E-state index contributed by atoms with van der Waals surface area (Å²) in [6, 6.07) is 34.0. The molecular weight excluding hydrogens is 386 g/mol. The number of rotatable bonds is 4. The van der Waals surface area contributed by atoms with Gasteiger partial charge < -0.3 is 0 Å². The number of hydrogen-bond donors (Lipinski definition) is 0. The fourth-order valence-electron chi connectivity index (χ4n) is 4.22. The van der Waals surface area contributed by atoms with Crippen molar-refractivity contribution in [3.63, 3.8) is 0 Å². The second kappa shape index (κ2) is 8.16. The van der Waals surface area contributed by atoms with E-state index in [1.54, 1.807) is 0 Å². The van der Waals surface area contributed by atoms with Crippen LogP contribution in [0.3, 0.4) is 0 Å². The van der Waals surface area contributed by atoms with E-state index in [2.05, 4.69) is 30.3 Å². The molecule has 0 aliphatic heterocycles. The molecule has 0 radical (unpaired) electrons. The molecular formula is C29H20F2. The van der Waals surface area contributed by atoms with Crippen LogP contribution in [0.15, 0.2) is 109 Å². The lowest BCUT2D eigenvalue weighted by Crippen LogP contribution is -1.97. The predicted molar refractivity (Wildman–Crippen MR) is 124 cm³/mol. The second-order valence-corrected chi connectivity index (χ2v) is 7.68. The first-order valence-electron chi connectivity index (χ1n) is 10.3. The Morgan fingerprint density at radius 3 is 1.71 bits per heavy atom. The summed E-state index contributed by atoms with van der Waals surface area (Å²) < 4.78 is 27.4. The number of benzene rings is 5. The van der Waals surface area contributed by atoms with Gasteiger partial charge in [-0.2, -0.15) is 0 Å². The minimum Gasteiger partial charge on any atom is -0.207 e. The van der Waals surface area contributed by atoms with E-state index in [1.807, 2.05) is 54.6 Å². The Bertz CT molecular complexity index is 1340. The van der Waals surface area contributed by atoms with Crippen molar-refractivity contribution in [2.24, 2.45) is 0 Å². The molecule has 150 valence electrons. The van der Waals surface area contributed by atoms with Gasteiger partial charge in [-0.1, -0.05) is 84.9 Å². The average molecular weight is 406 g/mol. The third kappa shape index (κ3) is 3.85. The van der Waals surface area contributed by atoms with Gasteiger partial charge >= 0.3 is 0 Å². The molecule has 0 unspecified atom stereocenters. The molecule has 0 spiro atoms. The summed E-state index contributed by atoms with van der Waals surface area (Å²) >= 11 is 0. The molecule has 2 heteroatoms. The maximum Gasteiger partial charge on any atom is 0.123 e. The zero-order valence-electron chi connectivity index (χ0n) is 16.9. The molecule has 31 heavy (non-hydrogen) atoms. The molecule has 0 saturated heterocycles. The highest BCUT2D eigenvalue weighted by atomic mass is 19.1. The Morgan fingerprint density at radius 2 is 1.06 bits per heavy atom. The predicted octanol–water partition coefficient (Wildman–Crippen LogP) is 8.04. The van der Waals surface area contributed by atoms with Crippen LogP contribution in [-0.2, 0) is 6.42 Å². The molecule has 0 aliphatic carbocycles. The van der Waals surface area contributed by atoms with E-state index in [1.165, 1.54) is 29.8 Å². The van der Waals surface area contributed by atoms with Gasteiger partial charge in [0.2, 0.25) is 0 Å². The van der Waals surface area contributed by atoms with Gasteiger partial charge in [-0.3, -0.25) is 0 Å². The van der Waals surface area contributed by atoms with Crippen LogP contribution in [0.1, 0.15) is 11.1 Å². The van der Waals surface area contributed by atoms with Crippen molar-refractivity contribution in [3.05, 3.63) is 132 Å². The summed E-state index contributed by atoms with van der Waals surface area (Å²) in [7, 11) is 0. The molecule has 0 nitrogen and oxygen atoms in total. The van der Waals surface area contributed by atoms with Crippen molar-refractivity contribution in [1.82, 2.24) is 0 Å². The maximum atomic E-state index is 13.7. The standard InChI is InChI=1S/C29H20F2/c30-25-14-10-21(11-15-25)28-24(18-20-6-2-1-3-7-20)19-23-8-4-5-9-27(23)29(28)22-12-16-26(31)17-13-22/h1-17,19H,18H2. The van der Waals surface area contributed by atoms with E-state index in [4.69, 9.17) is 0 Å². The first-order chi connectivity index (χ1) is 15.2. The molecule has 0 N–H and O–H groups in total. The van der Waals surface area contributed by atoms with Gasteiger partial charge in [-0.25, -0.2) is 8.78 Å². The molecule has 5 aromatic carbocycles. The van der Waals surface area contributed by atoms with Gasteiger partial charge in [0.15, 0.2) is 0 Å². The van der Waals surface area contributed by atoms with Crippen molar-refractivity contribution in [3.8, 4) is 22.3 Å². The summed E-state index contributed by atoms with van der Waals surface area (Å²) in [5, 5.41) is 2.21. The number of halogens is 2. The number of hydrogen-bond acceptors (Lipinski definition) is 0. The van der Waals surface area contributed by atoms with E-state index in [0.717, 1.165) is 45.0 Å². The molecule has 0 saturated carbocycles. The van der Waals surface area contributed by atoms with Crippen LogP contribution in [0.5, 0.6) is 0 Å². The van der Waals surface area contributed by atoms with Crippen LogP contribution in [-0.4, -0.2) is 0 Å². The van der Waals surface area contributed by atoms with Crippen LogP contribution in [0.4, 0.5) is 8.78 Å². The summed E-state index contributed by atoms with van der Waals surface area (Å²) in [6.45, 7) is 0. The lowest BCUT2D eigenvalue weighted by molar-refractivity contribution is 0.627. The molecule has 0 fully saturated rings. The van der Waals surface area contributed by atoms with Crippen molar-refractivity contribution < 1.29 is 8.78 Å². The highest BCUT2D eigenvalue weighted by Gasteiger charge is 2.17. The Labute approximate surface area is 180 Å². The fraction of sp³-hybridized carbons (Fsp3) is 0.0345. The van der Waals surface area contributed by atoms with Gasteiger partial charge in [-0.05, 0) is 74.8 Å². The highest BCUT2D eigenvalue weighted by molar-refractivity contribution is 6.05. The Kier molecular flexibility index (Phi) is 5.05. The van der Waals surface area contributed by atoms with Crippen LogP contribution >= 0.6 is 0 Å². The summed E-state index contributed by atoms with van der Waals surface area (Å²) in [5.41, 5.74) is 6.32. The zero-order valence-corrected chi connectivity index (χ0v) is 16.9. The summed E-state index contributed by atoms with van der Waals surface area (Å²) in [5.74, 6) is -0.533. The molecule has 0 amide bonds. The smallest absolute Gasteiger partial charge is 0.123 e. The largest absolute Gasteiger partial charge is 0.207 e. The van der Waals surface area contributed by atoms with Gasteiger partial charge in [0, 0.05) is 0 Å². The van der Waals surface area contributed by atoms with E-state index < -0.39 is 0 Å². The molecule has 5 rings (SSSR count). The lowest BCUT2D eigenvalue weighted by atomic mass is 9.84. The van der Waals surface area contributed by atoms with E-state index >= 15 is 0 Å². The first-order valence-corrected chi connectivity index (χ1v) is 10.3. The fourth-order valence-corrected chi connectivity index (χ4v) is 4.22. The van der Waals surface area contributed by atoms with E-state index in [-0.39, 0.29) is 11.6 Å². The first kappa shape index (κ1) is 19.2. The molecule has 0 bridgehead atoms. The third-order valence-electron chi connectivity index (χ3n) is 5.63. The van der Waals surface area contributed by atoms with Crippen molar-refractivity contribution in [2.45, 2.75) is 6.42 Å². The highest BCUT2D eigenvalue weighted by Crippen LogP contribution is 2.41. The second-order valence-electron chi connectivity index (χ2n) is 7.68. The summed E-state index contributed by atoms with van der Waals surface area (Å²) in [4.78, 5) is 0. The molecule has 0 atom stereocenters. The zero-order chi connectivity index (χ0) is 21.2. The van der Waals surface area contributed by atoms with Crippen LogP contribution in [0, 0.1) is 11.6 Å². The number of fused-ring (bicyclic) bond motifs is 1. The van der Waals surface area contributed by atoms with Crippen molar-refractivity contribution in [2.75, 3.05) is 0 Å². The third-order valence-corrected chi connectivity index (χ3v) is 5.63. The summed E-state index contributed by atoms with van der Waals surface area (Å²) in [6.07, 6.45) is 0.743. The van der Waals surface area contributed by atoms with E-state index in [0.29, 0.717) is 0 Å². The average Bonchev–Trinajstić information content (AvgIpc) is 2.80. The maximum absolute atomic E-state index is 13.7. The normalized spacial score (nSPS) is 11.0. The quantitative estimate of drug-likeness (QED) is 0.283. The van der Waals surface area contributed by atoms with Gasteiger partial charge in [-0.15, -0.1) is 0 Å². The van der Waals surface area contributed by atoms with Crippen LogP contribution in [0.2, 0.25) is 0 Å². The van der Waals surface area contributed by atoms with Crippen LogP contribution in [0.25, 0.3) is 33.0 Å². The van der Waals surface area contributed by atoms with Gasteiger partial charge in [0.1, 0.15) is 11.6 Å². The molecule has 0 aromatic heterocycles. The van der Waals surface area contributed by atoms with Crippen molar-refractivity contribution >= 4 is 10.8 Å². The van der Waals surface area contributed by atoms with Gasteiger partial charge in [0.05, 0.1) is 0 Å². The molecule has 5 aromatic rings. The van der Waals surface area contributed by atoms with E-state index in [9.17, 15) is 8.78 Å². The monoisotopic (exact) mass is 406 g/mol. The van der Waals surface area contributed by atoms with Gasteiger partial charge in [0.25, 0.3) is 0 Å². The molecule has 0 aliphatic rings.